The van der Waals surface area contributed by atoms with Crippen molar-refractivity contribution in [1.82, 2.24) is 15.6 Å². The Labute approximate surface area is 112 Å². The predicted octanol–water partition coefficient (Wildman–Crippen LogP) is 1.58. The molecule has 4 nitrogen and oxygen atoms in total. The van der Waals surface area contributed by atoms with Crippen LogP contribution in [0.4, 0.5) is 0 Å². The fourth-order valence-electron chi connectivity index (χ4n) is 2.50. The molecule has 5 heteroatoms. The first-order valence-corrected chi connectivity index (χ1v) is 7.57. The highest BCUT2D eigenvalue weighted by molar-refractivity contribution is 7.07. The van der Waals surface area contributed by atoms with Crippen LogP contribution in [0.3, 0.4) is 0 Å². The lowest BCUT2D eigenvalue weighted by molar-refractivity contribution is -0.132. The number of carbonyl (C=O) groups is 1. The van der Waals surface area contributed by atoms with Gasteiger partial charge in [0.15, 0.2) is 0 Å². The van der Waals surface area contributed by atoms with Crippen LogP contribution in [0.2, 0.25) is 0 Å². The molecule has 0 saturated carbocycles. The second kappa shape index (κ2) is 6.29. The molecule has 2 N–H and O–H groups in total. The number of hydrogen-bond donors (Lipinski definition) is 2. The van der Waals surface area contributed by atoms with E-state index in [4.69, 9.17) is 0 Å². The Kier molecular flexibility index (Phi) is 4.72. The van der Waals surface area contributed by atoms with Crippen molar-refractivity contribution in [3.63, 3.8) is 0 Å². The summed E-state index contributed by atoms with van der Waals surface area (Å²) in [6.45, 7) is 4.71. The summed E-state index contributed by atoms with van der Waals surface area (Å²) >= 11 is 1.60. The van der Waals surface area contributed by atoms with Gasteiger partial charge in [-0.1, -0.05) is 6.92 Å². The third kappa shape index (κ3) is 3.09. The second-order valence-corrected chi connectivity index (χ2v) is 5.59. The highest BCUT2D eigenvalue weighted by Gasteiger charge is 2.37. The molecule has 1 aliphatic rings. The lowest BCUT2D eigenvalue weighted by Crippen LogP contribution is -2.47. The Morgan fingerprint density at radius 3 is 2.94 bits per heavy atom. The van der Waals surface area contributed by atoms with Gasteiger partial charge in [0.1, 0.15) is 0 Å². The number of amides is 1. The van der Waals surface area contributed by atoms with Crippen molar-refractivity contribution in [2.24, 2.45) is 5.41 Å². The number of nitrogens with zero attached hydrogens (tertiary/aromatic N) is 1. The highest BCUT2D eigenvalue weighted by atomic mass is 32.1. The van der Waals surface area contributed by atoms with Crippen LogP contribution >= 0.6 is 11.3 Å². The maximum atomic E-state index is 12.3. The molecule has 1 aromatic rings. The SMILES string of the molecule is CCC1(C(=O)NCCc2cscn2)CCNCC1. The number of nitrogens with one attached hydrogen (secondary N) is 2. The standard InChI is InChI=1S/C13H21N3OS/c1-2-13(4-7-14-8-5-13)12(17)15-6-3-11-9-18-10-16-11/h9-10,14H,2-8H2,1H3,(H,15,17). The molecule has 1 fully saturated rings. The minimum atomic E-state index is -0.146. The maximum Gasteiger partial charge on any atom is 0.226 e. The van der Waals surface area contributed by atoms with Gasteiger partial charge in [-0.15, -0.1) is 11.3 Å². The zero-order valence-electron chi connectivity index (χ0n) is 10.9. The Bertz CT molecular complexity index is 372. The van der Waals surface area contributed by atoms with Crippen LogP contribution in [0, 0.1) is 5.41 Å². The summed E-state index contributed by atoms with van der Waals surface area (Å²) in [6.07, 6.45) is 3.66. The van der Waals surface area contributed by atoms with E-state index in [2.05, 4.69) is 22.5 Å². The highest BCUT2D eigenvalue weighted by Crippen LogP contribution is 2.32. The van der Waals surface area contributed by atoms with Crippen molar-refractivity contribution >= 4 is 17.2 Å². The van der Waals surface area contributed by atoms with Gasteiger partial charge in [0.05, 0.1) is 16.6 Å². The molecule has 2 heterocycles. The Hall–Kier alpha value is -0.940. The molecular weight excluding hydrogens is 246 g/mol. The van der Waals surface area contributed by atoms with Crippen molar-refractivity contribution in [2.45, 2.75) is 32.6 Å². The molecule has 0 unspecified atom stereocenters. The molecule has 0 aliphatic carbocycles. The smallest absolute Gasteiger partial charge is 0.226 e. The molecular formula is C13H21N3OS. The molecule has 100 valence electrons. The number of carbonyl (C=O) groups excluding carboxylic acids is 1. The normalized spacial score (nSPS) is 18.5. The van der Waals surface area contributed by atoms with E-state index in [0.29, 0.717) is 6.54 Å². The molecule has 18 heavy (non-hydrogen) atoms. The van der Waals surface area contributed by atoms with Gasteiger partial charge < -0.3 is 10.6 Å². The monoisotopic (exact) mass is 267 g/mol. The van der Waals surface area contributed by atoms with Gasteiger partial charge in [0.25, 0.3) is 0 Å². The predicted molar refractivity (Wildman–Crippen MR) is 73.7 cm³/mol. The van der Waals surface area contributed by atoms with Crippen LogP contribution in [0.1, 0.15) is 31.9 Å². The van der Waals surface area contributed by atoms with Gasteiger partial charge in [-0.3, -0.25) is 4.79 Å². The van der Waals surface area contributed by atoms with Crippen LogP contribution < -0.4 is 10.6 Å². The van der Waals surface area contributed by atoms with E-state index < -0.39 is 0 Å². The number of thiazole rings is 1. The number of rotatable bonds is 5. The zero-order valence-corrected chi connectivity index (χ0v) is 11.7. The summed E-state index contributed by atoms with van der Waals surface area (Å²) in [7, 11) is 0. The van der Waals surface area contributed by atoms with Crippen molar-refractivity contribution < 1.29 is 4.79 Å². The molecule has 1 aliphatic heterocycles. The van der Waals surface area contributed by atoms with Gasteiger partial charge in [0, 0.05) is 18.3 Å². The zero-order chi connectivity index (χ0) is 12.8. The quantitative estimate of drug-likeness (QED) is 0.851. The molecule has 0 aromatic carbocycles. The van der Waals surface area contributed by atoms with Crippen molar-refractivity contribution in [3.8, 4) is 0 Å². The molecule has 2 rings (SSSR count). The summed E-state index contributed by atoms with van der Waals surface area (Å²) in [5.41, 5.74) is 2.75. The lowest BCUT2D eigenvalue weighted by atomic mass is 9.76. The summed E-state index contributed by atoms with van der Waals surface area (Å²) < 4.78 is 0. The van der Waals surface area contributed by atoms with Crippen LogP contribution in [-0.2, 0) is 11.2 Å². The minimum absolute atomic E-state index is 0.146. The third-order valence-electron chi connectivity index (χ3n) is 3.87. The fraction of sp³-hybridized carbons (Fsp3) is 0.692. The van der Waals surface area contributed by atoms with Gasteiger partial charge in [-0.05, 0) is 32.4 Å². The van der Waals surface area contributed by atoms with E-state index in [1.54, 1.807) is 11.3 Å². The number of aromatic nitrogens is 1. The minimum Gasteiger partial charge on any atom is -0.355 e. The van der Waals surface area contributed by atoms with E-state index in [-0.39, 0.29) is 11.3 Å². The molecule has 1 amide bonds. The van der Waals surface area contributed by atoms with Gasteiger partial charge in [-0.2, -0.15) is 0 Å². The first kappa shape index (κ1) is 13.5. The van der Waals surface area contributed by atoms with Gasteiger partial charge in [0.2, 0.25) is 5.91 Å². The molecule has 1 saturated heterocycles. The molecule has 0 spiro atoms. The molecule has 1 aromatic heterocycles. The average molecular weight is 267 g/mol. The number of piperidine rings is 1. The Morgan fingerprint density at radius 1 is 1.56 bits per heavy atom. The van der Waals surface area contributed by atoms with Crippen LogP contribution in [-0.4, -0.2) is 30.5 Å². The molecule has 0 radical (unpaired) electrons. The van der Waals surface area contributed by atoms with E-state index in [9.17, 15) is 4.79 Å². The lowest BCUT2D eigenvalue weighted by Gasteiger charge is -2.35. The number of hydrogen-bond acceptors (Lipinski definition) is 4. The first-order valence-electron chi connectivity index (χ1n) is 6.63. The third-order valence-corrected chi connectivity index (χ3v) is 4.50. The van der Waals surface area contributed by atoms with E-state index in [1.165, 1.54) is 0 Å². The largest absolute Gasteiger partial charge is 0.355 e. The summed E-state index contributed by atoms with van der Waals surface area (Å²) in [5, 5.41) is 8.43. The summed E-state index contributed by atoms with van der Waals surface area (Å²) in [6, 6.07) is 0. The van der Waals surface area contributed by atoms with E-state index in [0.717, 1.165) is 44.5 Å². The fourth-order valence-corrected chi connectivity index (χ4v) is 3.09. The summed E-state index contributed by atoms with van der Waals surface area (Å²) in [5.74, 6) is 0.224. The van der Waals surface area contributed by atoms with Crippen molar-refractivity contribution in [2.75, 3.05) is 19.6 Å². The van der Waals surface area contributed by atoms with Crippen LogP contribution in [0.25, 0.3) is 0 Å². The summed E-state index contributed by atoms with van der Waals surface area (Å²) in [4.78, 5) is 16.5. The second-order valence-electron chi connectivity index (χ2n) is 4.87. The maximum absolute atomic E-state index is 12.3. The first-order chi connectivity index (χ1) is 8.77. The molecule has 0 bridgehead atoms. The van der Waals surface area contributed by atoms with Gasteiger partial charge in [-0.25, -0.2) is 4.98 Å². The van der Waals surface area contributed by atoms with Gasteiger partial charge >= 0.3 is 0 Å². The Morgan fingerprint density at radius 2 is 2.33 bits per heavy atom. The van der Waals surface area contributed by atoms with E-state index in [1.807, 2.05) is 10.9 Å². The molecule has 0 atom stereocenters. The topological polar surface area (TPSA) is 54.0 Å². The van der Waals surface area contributed by atoms with Crippen molar-refractivity contribution in [3.05, 3.63) is 16.6 Å². The Balaban J connectivity index is 1.82. The van der Waals surface area contributed by atoms with Crippen molar-refractivity contribution in [1.29, 1.82) is 0 Å². The van der Waals surface area contributed by atoms with E-state index >= 15 is 0 Å². The van der Waals surface area contributed by atoms with Crippen LogP contribution in [0.15, 0.2) is 10.9 Å². The average Bonchev–Trinajstić information content (AvgIpc) is 2.92. The van der Waals surface area contributed by atoms with Crippen LogP contribution in [0.5, 0.6) is 0 Å².